The van der Waals surface area contributed by atoms with Gasteiger partial charge in [0.25, 0.3) is 0 Å². The Morgan fingerprint density at radius 3 is 2.47 bits per heavy atom. The lowest BCUT2D eigenvalue weighted by atomic mass is 9.81. The number of halogens is 2. The molecule has 1 nitrogen and oxygen atoms in total. The zero-order valence-electron chi connectivity index (χ0n) is 11.1. The van der Waals surface area contributed by atoms with Gasteiger partial charge in [-0.25, -0.2) is 4.98 Å². The van der Waals surface area contributed by atoms with Gasteiger partial charge in [-0.05, 0) is 19.4 Å². The van der Waals surface area contributed by atoms with Gasteiger partial charge in [0.1, 0.15) is 0 Å². The first-order valence-corrected chi connectivity index (χ1v) is 9.32. The summed E-state index contributed by atoms with van der Waals surface area (Å²) in [6, 6.07) is 8.78. The second-order valence-electron chi connectivity index (χ2n) is 4.98. The third kappa shape index (κ3) is 3.47. The van der Waals surface area contributed by atoms with Gasteiger partial charge in [0.05, 0.1) is 5.01 Å². The molecule has 0 N–H and O–H groups in total. The quantitative estimate of drug-likeness (QED) is 0.639. The lowest BCUT2D eigenvalue weighted by Gasteiger charge is -2.30. The van der Waals surface area contributed by atoms with E-state index < -0.39 is 0 Å². The highest BCUT2D eigenvalue weighted by molar-refractivity contribution is 9.09. The highest BCUT2D eigenvalue weighted by Gasteiger charge is 2.31. The van der Waals surface area contributed by atoms with Crippen molar-refractivity contribution in [3.8, 4) is 0 Å². The first-order valence-electron chi connectivity index (χ1n) is 6.20. The van der Waals surface area contributed by atoms with Gasteiger partial charge in [0, 0.05) is 33.6 Å². The molecule has 19 heavy (non-hydrogen) atoms. The highest BCUT2D eigenvalue weighted by Crippen LogP contribution is 2.34. The minimum absolute atomic E-state index is 0.0658. The van der Waals surface area contributed by atoms with Crippen LogP contribution < -0.4 is 0 Å². The van der Waals surface area contributed by atoms with Crippen LogP contribution in [0.2, 0.25) is 0 Å². The third-order valence-electron chi connectivity index (χ3n) is 3.30. The maximum absolute atomic E-state index is 4.62. The molecular weight excluding hydrogens is 386 g/mol. The molecule has 1 heterocycles. The topological polar surface area (TPSA) is 12.9 Å². The van der Waals surface area contributed by atoms with Crippen molar-refractivity contribution in [2.45, 2.75) is 25.7 Å². The number of aromatic nitrogens is 1. The summed E-state index contributed by atoms with van der Waals surface area (Å²) in [5.41, 5.74) is 3.85. The van der Waals surface area contributed by atoms with Crippen LogP contribution in [-0.4, -0.2) is 15.6 Å². The molecule has 0 aliphatic rings. The van der Waals surface area contributed by atoms with Gasteiger partial charge in [-0.1, -0.05) is 61.7 Å². The zero-order valence-corrected chi connectivity index (χ0v) is 15.1. The molecule has 0 atom stereocenters. The van der Waals surface area contributed by atoms with E-state index >= 15 is 0 Å². The fourth-order valence-electron chi connectivity index (χ4n) is 2.13. The van der Waals surface area contributed by atoms with E-state index in [1.807, 2.05) is 0 Å². The fraction of sp³-hybridized carbons (Fsp3) is 0.400. The van der Waals surface area contributed by atoms with Crippen LogP contribution >= 0.6 is 43.2 Å². The van der Waals surface area contributed by atoms with Gasteiger partial charge in [0.15, 0.2) is 0 Å². The van der Waals surface area contributed by atoms with Crippen molar-refractivity contribution in [3.63, 3.8) is 0 Å². The van der Waals surface area contributed by atoms with Crippen LogP contribution in [0, 0.1) is 13.8 Å². The van der Waals surface area contributed by atoms with E-state index in [-0.39, 0.29) is 5.41 Å². The molecule has 1 aromatic carbocycles. The normalized spacial score (nSPS) is 11.8. The lowest BCUT2D eigenvalue weighted by Crippen LogP contribution is -2.33. The van der Waals surface area contributed by atoms with Crippen molar-refractivity contribution >= 4 is 43.2 Å². The Labute approximate surface area is 135 Å². The Morgan fingerprint density at radius 1 is 1.21 bits per heavy atom. The fourth-order valence-corrected chi connectivity index (χ4v) is 5.02. The van der Waals surface area contributed by atoms with Crippen LogP contribution in [-0.2, 0) is 11.8 Å². The molecule has 2 rings (SSSR count). The van der Waals surface area contributed by atoms with Crippen LogP contribution in [0.4, 0.5) is 0 Å². The summed E-state index contributed by atoms with van der Waals surface area (Å²) in [4.78, 5) is 4.62. The molecule has 0 amide bonds. The Balaban J connectivity index is 2.37. The highest BCUT2D eigenvalue weighted by atomic mass is 79.9. The molecule has 0 spiro atoms. The van der Waals surface area contributed by atoms with Crippen molar-refractivity contribution in [3.05, 3.63) is 51.5 Å². The van der Waals surface area contributed by atoms with E-state index in [4.69, 9.17) is 0 Å². The molecule has 0 aliphatic heterocycles. The maximum atomic E-state index is 4.62. The monoisotopic (exact) mass is 401 g/mol. The molecule has 0 saturated carbocycles. The van der Waals surface area contributed by atoms with E-state index in [0.29, 0.717) is 0 Å². The number of benzene rings is 1. The van der Waals surface area contributed by atoms with Crippen LogP contribution in [0.5, 0.6) is 0 Å². The minimum atomic E-state index is 0.0658. The van der Waals surface area contributed by atoms with Gasteiger partial charge >= 0.3 is 0 Å². The van der Waals surface area contributed by atoms with Crippen LogP contribution in [0.25, 0.3) is 0 Å². The zero-order chi connectivity index (χ0) is 13.9. The molecule has 0 unspecified atom stereocenters. The number of thiazole rings is 1. The predicted octanol–water partition coefficient (Wildman–Crippen LogP) is 5.03. The number of hydrogen-bond donors (Lipinski definition) is 0. The van der Waals surface area contributed by atoms with Gasteiger partial charge in [-0.15, -0.1) is 11.3 Å². The summed E-state index contributed by atoms with van der Waals surface area (Å²) in [5.74, 6) is 0. The molecule has 102 valence electrons. The van der Waals surface area contributed by atoms with Crippen LogP contribution in [0.15, 0.2) is 29.6 Å². The van der Waals surface area contributed by atoms with Gasteiger partial charge < -0.3 is 0 Å². The summed E-state index contributed by atoms with van der Waals surface area (Å²) in [6.45, 7) is 4.20. The van der Waals surface area contributed by atoms with Crippen molar-refractivity contribution in [2.75, 3.05) is 10.7 Å². The van der Waals surface area contributed by atoms with Gasteiger partial charge in [0.2, 0.25) is 0 Å². The molecule has 0 bridgehead atoms. The number of aryl methyl sites for hydroxylation is 2. The van der Waals surface area contributed by atoms with Gasteiger partial charge in [-0.2, -0.15) is 0 Å². The first-order chi connectivity index (χ1) is 9.09. The average molecular weight is 403 g/mol. The van der Waals surface area contributed by atoms with E-state index in [1.54, 1.807) is 11.3 Å². The molecule has 0 aliphatic carbocycles. The van der Waals surface area contributed by atoms with E-state index in [1.165, 1.54) is 16.1 Å². The average Bonchev–Trinajstić information content (AvgIpc) is 2.81. The van der Waals surface area contributed by atoms with Crippen molar-refractivity contribution in [1.29, 1.82) is 0 Å². The van der Waals surface area contributed by atoms with Gasteiger partial charge in [-0.3, -0.25) is 0 Å². The van der Waals surface area contributed by atoms with E-state index in [2.05, 4.69) is 80.3 Å². The Morgan fingerprint density at radius 2 is 1.95 bits per heavy atom. The summed E-state index contributed by atoms with van der Waals surface area (Å²) < 4.78 is 0. The molecule has 0 fully saturated rings. The van der Waals surface area contributed by atoms with Crippen LogP contribution in [0.3, 0.4) is 0 Å². The number of nitrogens with zero attached hydrogens (tertiary/aromatic N) is 1. The summed E-state index contributed by atoms with van der Waals surface area (Å²) >= 11 is 9.16. The number of hydrogen-bond acceptors (Lipinski definition) is 2. The predicted molar refractivity (Wildman–Crippen MR) is 91.0 cm³/mol. The Hall–Kier alpha value is -0.190. The first kappa shape index (κ1) is 15.2. The van der Waals surface area contributed by atoms with Crippen molar-refractivity contribution < 1.29 is 0 Å². The number of rotatable bonds is 5. The molecule has 1 aromatic heterocycles. The SMILES string of the molecule is Cc1cccc(C(CBr)(CBr)Cc2nc(C)cs2)c1. The summed E-state index contributed by atoms with van der Waals surface area (Å²) in [7, 11) is 0. The minimum Gasteiger partial charge on any atom is -0.247 e. The molecule has 4 heteroatoms. The number of alkyl halides is 2. The second-order valence-corrected chi connectivity index (χ2v) is 7.04. The molecular formula is C15H17Br2NS. The molecule has 2 aromatic rings. The third-order valence-corrected chi connectivity index (χ3v) is 6.41. The van der Waals surface area contributed by atoms with E-state index in [0.717, 1.165) is 22.8 Å². The molecule has 0 radical (unpaired) electrons. The molecule has 0 saturated heterocycles. The lowest BCUT2D eigenvalue weighted by molar-refractivity contribution is 0.548. The standard InChI is InChI=1S/C15H17Br2NS/c1-11-4-3-5-13(6-11)15(9-16,10-17)7-14-18-12(2)8-19-14/h3-6,8H,7,9-10H2,1-2H3. The maximum Gasteiger partial charge on any atom is 0.0937 e. The smallest absolute Gasteiger partial charge is 0.0937 e. The van der Waals surface area contributed by atoms with Crippen LogP contribution in [0.1, 0.15) is 21.8 Å². The van der Waals surface area contributed by atoms with Crippen molar-refractivity contribution in [2.24, 2.45) is 0 Å². The largest absolute Gasteiger partial charge is 0.247 e. The summed E-state index contributed by atoms with van der Waals surface area (Å²) in [5, 5.41) is 5.18. The van der Waals surface area contributed by atoms with Crippen molar-refractivity contribution in [1.82, 2.24) is 4.98 Å². The Bertz CT molecular complexity index is 547. The second kappa shape index (κ2) is 6.51. The van der Waals surface area contributed by atoms with E-state index in [9.17, 15) is 0 Å². The Kier molecular flexibility index (Phi) is 5.21. The summed E-state index contributed by atoms with van der Waals surface area (Å²) in [6.07, 6.45) is 0.964.